The average Bonchev–Trinajstić information content (AvgIpc) is 2.77. The van der Waals surface area contributed by atoms with E-state index in [1.807, 2.05) is 18.2 Å². The van der Waals surface area contributed by atoms with Crippen LogP contribution in [0.2, 0.25) is 5.02 Å². The number of hydrogen-bond acceptors (Lipinski definition) is 4. The number of carbonyl (C=O) groups is 1. The van der Waals surface area contributed by atoms with Gasteiger partial charge in [-0.3, -0.25) is 9.69 Å². The van der Waals surface area contributed by atoms with Gasteiger partial charge in [0.1, 0.15) is 11.9 Å². The molecular weight excluding hydrogens is 410 g/mol. The summed E-state index contributed by atoms with van der Waals surface area (Å²) in [5.41, 5.74) is 1.74. The molecular formula is C25H34ClN3O2. The molecule has 0 aromatic heterocycles. The highest BCUT2D eigenvalue weighted by Crippen LogP contribution is 2.28. The maximum atomic E-state index is 12.7. The summed E-state index contributed by atoms with van der Waals surface area (Å²) in [6.07, 6.45) is 9.67. The summed E-state index contributed by atoms with van der Waals surface area (Å²) in [4.78, 5) is 17.4. The summed E-state index contributed by atoms with van der Waals surface area (Å²) in [5.74, 6) is 0.580. The van der Waals surface area contributed by atoms with Crippen LogP contribution in [0.5, 0.6) is 5.75 Å². The first-order valence-corrected chi connectivity index (χ1v) is 11.5. The molecule has 5 nitrogen and oxygen atoms in total. The molecule has 1 amide bonds. The van der Waals surface area contributed by atoms with Gasteiger partial charge in [-0.2, -0.15) is 0 Å². The van der Waals surface area contributed by atoms with Crippen molar-refractivity contribution in [3.63, 3.8) is 0 Å². The van der Waals surface area contributed by atoms with Crippen molar-refractivity contribution in [3.8, 4) is 5.75 Å². The van der Waals surface area contributed by atoms with E-state index in [-0.39, 0.29) is 18.1 Å². The lowest BCUT2D eigenvalue weighted by Crippen LogP contribution is -2.45. The molecule has 0 aliphatic carbocycles. The van der Waals surface area contributed by atoms with Crippen LogP contribution in [0.15, 0.2) is 55.2 Å². The number of carbonyl (C=O) groups excluding carboxylic acids is 1. The molecule has 0 atom stereocenters. The maximum Gasteiger partial charge on any atom is 0.251 e. The number of likely N-dealkylation sites (tertiary alicyclic amines) is 2. The standard InChI is InChI=1S/C25H34ClN3O2/c1-4-6-19(5-2)18-29-15-9-21(10-16-29)27-25(30)20-7-8-24(23(26)17-20)31-22-11-13-28(3)14-12-22/h4-8,17,21-22H,1-2,9-16,18H2,3H3,(H,27,30)/b19-6+. The van der Waals surface area contributed by atoms with Gasteiger partial charge in [-0.1, -0.05) is 43.0 Å². The van der Waals surface area contributed by atoms with Crippen LogP contribution in [0.1, 0.15) is 36.0 Å². The first-order chi connectivity index (χ1) is 15.0. The molecule has 2 saturated heterocycles. The first-order valence-electron chi connectivity index (χ1n) is 11.1. The summed E-state index contributed by atoms with van der Waals surface area (Å²) >= 11 is 6.43. The molecule has 168 valence electrons. The molecule has 2 heterocycles. The normalized spacial score (nSPS) is 19.7. The van der Waals surface area contributed by atoms with Crippen LogP contribution in [0, 0.1) is 0 Å². The number of rotatable bonds is 8. The fourth-order valence-corrected chi connectivity index (χ4v) is 4.34. The third-order valence-electron chi connectivity index (χ3n) is 6.08. The van der Waals surface area contributed by atoms with E-state index in [9.17, 15) is 4.79 Å². The van der Waals surface area contributed by atoms with Crippen molar-refractivity contribution in [2.45, 2.75) is 37.8 Å². The number of nitrogens with one attached hydrogen (secondary N) is 1. The quantitative estimate of drug-likeness (QED) is 0.608. The number of amides is 1. The second-order valence-electron chi connectivity index (χ2n) is 8.47. The van der Waals surface area contributed by atoms with Gasteiger partial charge in [0.15, 0.2) is 0 Å². The van der Waals surface area contributed by atoms with Crippen LogP contribution in [0.3, 0.4) is 0 Å². The van der Waals surface area contributed by atoms with Gasteiger partial charge in [0.05, 0.1) is 5.02 Å². The average molecular weight is 444 g/mol. The minimum Gasteiger partial charge on any atom is -0.489 e. The van der Waals surface area contributed by atoms with Crippen molar-refractivity contribution in [3.05, 3.63) is 65.7 Å². The Kier molecular flexibility index (Phi) is 8.76. The molecule has 0 spiro atoms. The molecule has 6 heteroatoms. The number of hydrogen-bond donors (Lipinski definition) is 1. The zero-order chi connectivity index (χ0) is 22.2. The van der Waals surface area contributed by atoms with E-state index in [1.54, 1.807) is 18.2 Å². The zero-order valence-electron chi connectivity index (χ0n) is 18.5. The molecule has 31 heavy (non-hydrogen) atoms. The second kappa shape index (κ2) is 11.5. The van der Waals surface area contributed by atoms with Crippen LogP contribution >= 0.6 is 11.6 Å². The highest BCUT2D eigenvalue weighted by molar-refractivity contribution is 6.32. The summed E-state index contributed by atoms with van der Waals surface area (Å²) in [6.45, 7) is 12.4. The molecule has 1 N–H and O–H groups in total. The molecule has 0 unspecified atom stereocenters. The van der Waals surface area contributed by atoms with Gasteiger partial charge in [-0.15, -0.1) is 0 Å². The third-order valence-corrected chi connectivity index (χ3v) is 6.37. The van der Waals surface area contributed by atoms with Gasteiger partial charge >= 0.3 is 0 Å². The maximum absolute atomic E-state index is 12.7. The van der Waals surface area contributed by atoms with E-state index in [1.165, 1.54) is 0 Å². The third kappa shape index (κ3) is 6.96. The topological polar surface area (TPSA) is 44.8 Å². The molecule has 2 aliphatic heterocycles. The zero-order valence-corrected chi connectivity index (χ0v) is 19.2. The molecule has 3 rings (SSSR count). The lowest BCUT2D eigenvalue weighted by Gasteiger charge is -2.32. The Morgan fingerprint density at radius 2 is 1.90 bits per heavy atom. The van der Waals surface area contributed by atoms with Crippen molar-refractivity contribution >= 4 is 17.5 Å². The summed E-state index contributed by atoms with van der Waals surface area (Å²) in [6, 6.07) is 5.51. The number of halogens is 1. The lowest BCUT2D eigenvalue weighted by atomic mass is 10.0. The predicted octanol–water partition coefficient (Wildman–Crippen LogP) is 4.31. The number of piperidine rings is 2. The van der Waals surface area contributed by atoms with Crippen molar-refractivity contribution in [2.75, 3.05) is 39.8 Å². The Morgan fingerprint density at radius 3 is 2.52 bits per heavy atom. The van der Waals surface area contributed by atoms with Crippen molar-refractivity contribution in [1.82, 2.24) is 15.1 Å². The molecule has 2 aliphatic rings. The fraction of sp³-hybridized carbons (Fsp3) is 0.480. The van der Waals surface area contributed by atoms with Gasteiger partial charge in [-0.05, 0) is 56.5 Å². The van der Waals surface area contributed by atoms with Crippen LogP contribution < -0.4 is 10.1 Å². The summed E-state index contributed by atoms with van der Waals surface area (Å²) < 4.78 is 6.08. The van der Waals surface area contributed by atoms with Gasteiger partial charge in [0, 0.05) is 44.3 Å². The van der Waals surface area contributed by atoms with Crippen molar-refractivity contribution in [1.29, 1.82) is 0 Å². The Bertz CT molecular complexity index is 807. The number of ether oxygens (including phenoxy) is 1. The number of allylic oxidation sites excluding steroid dienone is 2. The molecule has 0 bridgehead atoms. The first kappa shape index (κ1) is 23.6. The van der Waals surface area contributed by atoms with Gasteiger partial charge in [0.2, 0.25) is 0 Å². The monoisotopic (exact) mass is 443 g/mol. The van der Waals surface area contributed by atoms with E-state index in [2.05, 4.69) is 35.3 Å². The molecule has 0 saturated carbocycles. The fourth-order valence-electron chi connectivity index (χ4n) is 4.12. The Balaban J connectivity index is 1.48. The van der Waals surface area contributed by atoms with Crippen LogP contribution in [0.25, 0.3) is 0 Å². The molecule has 0 radical (unpaired) electrons. The van der Waals surface area contributed by atoms with E-state index < -0.39 is 0 Å². The van der Waals surface area contributed by atoms with Gasteiger partial charge < -0.3 is 15.0 Å². The number of benzene rings is 1. The summed E-state index contributed by atoms with van der Waals surface area (Å²) in [5, 5.41) is 3.65. The second-order valence-corrected chi connectivity index (χ2v) is 8.88. The predicted molar refractivity (Wildman–Crippen MR) is 128 cm³/mol. The minimum atomic E-state index is -0.0791. The van der Waals surface area contributed by atoms with Gasteiger partial charge in [0.25, 0.3) is 5.91 Å². The van der Waals surface area contributed by atoms with E-state index >= 15 is 0 Å². The highest BCUT2D eigenvalue weighted by Gasteiger charge is 2.23. The van der Waals surface area contributed by atoms with Crippen molar-refractivity contribution in [2.24, 2.45) is 0 Å². The van der Waals surface area contributed by atoms with Crippen LogP contribution in [-0.4, -0.2) is 67.6 Å². The largest absolute Gasteiger partial charge is 0.489 e. The van der Waals surface area contributed by atoms with Crippen LogP contribution in [-0.2, 0) is 0 Å². The summed E-state index contributed by atoms with van der Waals surface area (Å²) in [7, 11) is 2.12. The Labute approximate surface area is 191 Å². The molecule has 1 aromatic rings. The highest BCUT2D eigenvalue weighted by atomic mass is 35.5. The SMILES string of the molecule is C=C/C=C(\C=C)CN1CCC(NC(=O)c2ccc(OC3CCN(C)CC3)c(Cl)c2)CC1. The minimum absolute atomic E-state index is 0.0791. The molecule has 1 aromatic carbocycles. The van der Waals surface area contributed by atoms with E-state index in [0.29, 0.717) is 16.3 Å². The van der Waals surface area contributed by atoms with Gasteiger partial charge in [-0.25, -0.2) is 0 Å². The van der Waals surface area contributed by atoms with E-state index in [0.717, 1.165) is 64.0 Å². The van der Waals surface area contributed by atoms with Crippen LogP contribution in [0.4, 0.5) is 0 Å². The lowest BCUT2D eigenvalue weighted by molar-refractivity contribution is 0.0913. The Hall–Kier alpha value is -2.08. The van der Waals surface area contributed by atoms with Crippen molar-refractivity contribution < 1.29 is 9.53 Å². The molecule has 2 fully saturated rings. The van der Waals surface area contributed by atoms with E-state index in [4.69, 9.17) is 16.3 Å². The Morgan fingerprint density at radius 1 is 1.19 bits per heavy atom. The number of nitrogens with zero attached hydrogens (tertiary/aromatic N) is 2. The smallest absolute Gasteiger partial charge is 0.251 e.